The third kappa shape index (κ3) is 4.94. The molecule has 0 aliphatic rings. The van der Waals surface area contributed by atoms with Gasteiger partial charge in [0.15, 0.2) is 0 Å². The summed E-state index contributed by atoms with van der Waals surface area (Å²) in [6.45, 7) is 4.35. The number of nitrogens with two attached hydrogens (primary N) is 1. The van der Waals surface area contributed by atoms with E-state index in [1.807, 2.05) is 38.1 Å². The van der Waals surface area contributed by atoms with Gasteiger partial charge in [-0.2, -0.15) is 0 Å². The maximum absolute atomic E-state index is 11.6. The largest absolute Gasteiger partial charge is 0.497 e. The van der Waals surface area contributed by atoms with Gasteiger partial charge in [-0.25, -0.2) is 0 Å². The zero-order valence-electron chi connectivity index (χ0n) is 11.0. The summed E-state index contributed by atoms with van der Waals surface area (Å²) in [5.74, 6) is 0.834. The molecule has 0 fully saturated rings. The van der Waals surface area contributed by atoms with E-state index in [0.717, 1.165) is 11.3 Å². The van der Waals surface area contributed by atoms with Crippen molar-refractivity contribution in [2.45, 2.75) is 26.4 Å². The van der Waals surface area contributed by atoms with Crippen LogP contribution in [0, 0.1) is 5.92 Å². The zero-order valence-corrected chi connectivity index (χ0v) is 11.8. The van der Waals surface area contributed by atoms with E-state index in [0.29, 0.717) is 6.54 Å². The van der Waals surface area contributed by atoms with E-state index in [9.17, 15) is 4.79 Å². The molecule has 0 aliphatic heterocycles. The molecule has 0 radical (unpaired) electrons. The lowest BCUT2D eigenvalue weighted by atomic mass is 10.0. The smallest absolute Gasteiger partial charge is 0.237 e. The number of hydrogen-bond donors (Lipinski definition) is 2. The van der Waals surface area contributed by atoms with Crippen LogP contribution in [0.25, 0.3) is 0 Å². The summed E-state index contributed by atoms with van der Waals surface area (Å²) in [6.07, 6.45) is 0. The van der Waals surface area contributed by atoms with Crippen molar-refractivity contribution >= 4 is 18.3 Å². The fourth-order valence-corrected chi connectivity index (χ4v) is 1.35. The van der Waals surface area contributed by atoms with E-state index in [2.05, 4.69) is 5.32 Å². The minimum absolute atomic E-state index is 0. The summed E-state index contributed by atoms with van der Waals surface area (Å²) in [7, 11) is 1.62. The van der Waals surface area contributed by atoms with Crippen LogP contribution >= 0.6 is 12.4 Å². The lowest BCUT2D eigenvalue weighted by Gasteiger charge is -2.15. The Labute approximate surface area is 114 Å². The molecule has 102 valence electrons. The third-order valence-electron chi connectivity index (χ3n) is 2.65. The van der Waals surface area contributed by atoms with Crippen molar-refractivity contribution in [3.8, 4) is 5.75 Å². The zero-order chi connectivity index (χ0) is 12.8. The maximum atomic E-state index is 11.6. The van der Waals surface area contributed by atoms with E-state index < -0.39 is 6.04 Å². The van der Waals surface area contributed by atoms with Crippen molar-refractivity contribution < 1.29 is 9.53 Å². The van der Waals surface area contributed by atoms with Gasteiger partial charge in [-0.15, -0.1) is 12.4 Å². The van der Waals surface area contributed by atoms with Gasteiger partial charge in [-0.1, -0.05) is 26.0 Å². The molecule has 1 atom stereocenters. The van der Waals surface area contributed by atoms with Gasteiger partial charge in [0, 0.05) is 6.54 Å². The van der Waals surface area contributed by atoms with Crippen LogP contribution in [-0.2, 0) is 11.3 Å². The highest BCUT2D eigenvalue weighted by Crippen LogP contribution is 2.11. The predicted octanol–water partition coefficient (Wildman–Crippen LogP) is 1.72. The highest BCUT2D eigenvalue weighted by Gasteiger charge is 2.16. The molecule has 0 saturated heterocycles. The van der Waals surface area contributed by atoms with Crippen molar-refractivity contribution in [3.63, 3.8) is 0 Å². The van der Waals surface area contributed by atoms with Crippen LogP contribution in [-0.4, -0.2) is 19.1 Å². The Morgan fingerprint density at radius 1 is 1.33 bits per heavy atom. The Bertz CT molecular complexity index is 366. The van der Waals surface area contributed by atoms with Crippen molar-refractivity contribution in [1.82, 2.24) is 5.32 Å². The fraction of sp³-hybridized carbons (Fsp3) is 0.462. The molecular formula is C13H21ClN2O2. The molecule has 1 amide bonds. The van der Waals surface area contributed by atoms with E-state index in [4.69, 9.17) is 10.5 Å². The minimum Gasteiger partial charge on any atom is -0.497 e. The van der Waals surface area contributed by atoms with E-state index >= 15 is 0 Å². The summed E-state index contributed by atoms with van der Waals surface area (Å²) in [4.78, 5) is 11.6. The number of rotatable bonds is 5. The average molecular weight is 273 g/mol. The van der Waals surface area contributed by atoms with E-state index in [1.54, 1.807) is 7.11 Å². The Morgan fingerprint density at radius 2 is 1.89 bits per heavy atom. The highest BCUT2D eigenvalue weighted by atomic mass is 35.5. The van der Waals surface area contributed by atoms with Crippen molar-refractivity contribution in [3.05, 3.63) is 29.8 Å². The van der Waals surface area contributed by atoms with Gasteiger partial charge in [0.2, 0.25) is 5.91 Å². The van der Waals surface area contributed by atoms with E-state index in [-0.39, 0.29) is 24.2 Å². The summed E-state index contributed by atoms with van der Waals surface area (Å²) in [5, 5.41) is 2.81. The molecule has 1 unspecified atom stereocenters. The molecule has 0 bridgehead atoms. The standard InChI is InChI=1S/C13H20N2O2.ClH/c1-9(2)12(14)13(16)15-8-10-4-6-11(17-3)7-5-10;/h4-7,9,12H,8,14H2,1-3H3,(H,15,16);1H. The monoisotopic (exact) mass is 272 g/mol. The fourth-order valence-electron chi connectivity index (χ4n) is 1.35. The number of hydrogen-bond acceptors (Lipinski definition) is 3. The molecule has 4 nitrogen and oxygen atoms in total. The van der Waals surface area contributed by atoms with Gasteiger partial charge in [0.05, 0.1) is 13.2 Å². The highest BCUT2D eigenvalue weighted by molar-refractivity contribution is 5.85. The second-order valence-corrected chi connectivity index (χ2v) is 4.34. The summed E-state index contributed by atoms with van der Waals surface area (Å²) < 4.78 is 5.06. The second-order valence-electron chi connectivity index (χ2n) is 4.34. The quantitative estimate of drug-likeness (QED) is 0.858. The van der Waals surface area contributed by atoms with Crippen molar-refractivity contribution in [2.24, 2.45) is 11.7 Å². The Kier molecular flexibility index (Phi) is 7.39. The normalized spacial score (nSPS) is 11.6. The third-order valence-corrected chi connectivity index (χ3v) is 2.65. The maximum Gasteiger partial charge on any atom is 0.237 e. The van der Waals surface area contributed by atoms with Crippen LogP contribution in [0.2, 0.25) is 0 Å². The molecule has 3 N–H and O–H groups in total. The molecule has 0 heterocycles. The van der Waals surface area contributed by atoms with Gasteiger partial charge >= 0.3 is 0 Å². The summed E-state index contributed by atoms with van der Waals surface area (Å²) in [6, 6.07) is 7.11. The number of halogens is 1. The number of methoxy groups -OCH3 is 1. The number of nitrogens with one attached hydrogen (secondary N) is 1. The molecule has 1 aromatic carbocycles. The number of amides is 1. The van der Waals surface area contributed by atoms with Gasteiger partial charge in [-0.05, 0) is 23.6 Å². The molecule has 0 spiro atoms. The van der Waals surface area contributed by atoms with Gasteiger partial charge in [0.1, 0.15) is 5.75 Å². The van der Waals surface area contributed by atoms with Gasteiger partial charge in [0.25, 0.3) is 0 Å². The molecule has 0 aromatic heterocycles. The Morgan fingerprint density at radius 3 is 2.33 bits per heavy atom. The molecule has 5 heteroatoms. The van der Waals surface area contributed by atoms with Crippen LogP contribution in [0.3, 0.4) is 0 Å². The Hall–Kier alpha value is -1.26. The van der Waals surface area contributed by atoms with Crippen LogP contribution in [0.1, 0.15) is 19.4 Å². The number of benzene rings is 1. The second kappa shape index (κ2) is 7.95. The van der Waals surface area contributed by atoms with Crippen LogP contribution < -0.4 is 15.8 Å². The molecule has 18 heavy (non-hydrogen) atoms. The average Bonchev–Trinajstić information content (AvgIpc) is 2.35. The molecule has 0 saturated carbocycles. The molecule has 0 aliphatic carbocycles. The van der Waals surface area contributed by atoms with Crippen LogP contribution in [0.15, 0.2) is 24.3 Å². The number of carbonyl (C=O) groups is 1. The number of carbonyl (C=O) groups excluding carboxylic acids is 1. The first-order valence-electron chi connectivity index (χ1n) is 5.71. The van der Waals surface area contributed by atoms with Gasteiger partial charge < -0.3 is 15.8 Å². The number of ether oxygens (including phenoxy) is 1. The van der Waals surface area contributed by atoms with Crippen LogP contribution in [0.4, 0.5) is 0 Å². The van der Waals surface area contributed by atoms with E-state index in [1.165, 1.54) is 0 Å². The SMILES string of the molecule is COc1ccc(CNC(=O)C(N)C(C)C)cc1.Cl. The van der Waals surface area contributed by atoms with Crippen molar-refractivity contribution in [2.75, 3.05) is 7.11 Å². The summed E-state index contributed by atoms with van der Waals surface area (Å²) in [5.41, 5.74) is 6.76. The summed E-state index contributed by atoms with van der Waals surface area (Å²) >= 11 is 0. The Balaban J connectivity index is 0.00000289. The first kappa shape index (κ1) is 16.7. The van der Waals surface area contributed by atoms with Crippen molar-refractivity contribution in [1.29, 1.82) is 0 Å². The lowest BCUT2D eigenvalue weighted by molar-refractivity contribution is -0.123. The molecular weight excluding hydrogens is 252 g/mol. The topological polar surface area (TPSA) is 64.3 Å². The minimum atomic E-state index is -0.451. The lowest BCUT2D eigenvalue weighted by Crippen LogP contribution is -2.43. The first-order valence-corrected chi connectivity index (χ1v) is 5.71. The van der Waals surface area contributed by atoms with Gasteiger partial charge in [-0.3, -0.25) is 4.79 Å². The molecule has 1 rings (SSSR count). The first-order chi connectivity index (χ1) is 8.04. The van der Waals surface area contributed by atoms with Crippen LogP contribution in [0.5, 0.6) is 5.75 Å². The molecule has 1 aromatic rings. The predicted molar refractivity (Wildman–Crippen MR) is 74.9 cm³/mol.